The standard InChI is InChI=1S/C13H21N5O/c1-10(19)8-14-12-7-13(16-9-15-12)17-11-3-5-18(2)6-4-11/h7,9,11H,3-6,8H2,1-2H3,(H2,14,15,16,17). The van der Waals surface area contributed by atoms with Crippen LogP contribution in [0.1, 0.15) is 19.8 Å². The molecule has 0 saturated carbocycles. The van der Waals surface area contributed by atoms with Crippen molar-refractivity contribution in [1.82, 2.24) is 14.9 Å². The number of likely N-dealkylation sites (tertiary alicyclic amines) is 1. The molecule has 6 heteroatoms. The second-order valence-electron chi connectivity index (χ2n) is 5.07. The summed E-state index contributed by atoms with van der Waals surface area (Å²) in [6.07, 6.45) is 3.76. The molecule has 19 heavy (non-hydrogen) atoms. The summed E-state index contributed by atoms with van der Waals surface area (Å²) in [4.78, 5) is 21.6. The van der Waals surface area contributed by atoms with Crippen LogP contribution in [0.15, 0.2) is 12.4 Å². The van der Waals surface area contributed by atoms with Gasteiger partial charge < -0.3 is 15.5 Å². The van der Waals surface area contributed by atoms with Crippen LogP contribution >= 0.6 is 0 Å². The zero-order valence-electron chi connectivity index (χ0n) is 11.5. The molecule has 0 aromatic carbocycles. The molecule has 1 aliphatic heterocycles. The van der Waals surface area contributed by atoms with E-state index in [0.717, 1.165) is 31.7 Å². The zero-order chi connectivity index (χ0) is 13.7. The average molecular weight is 263 g/mol. The summed E-state index contributed by atoms with van der Waals surface area (Å²) in [7, 11) is 2.14. The number of hydrogen-bond acceptors (Lipinski definition) is 6. The third-order valence-corrected chi connectivity index (χ3v) is 3.26. The van der Waals surface area contributed by atoms with E-state index in [9.17, 15) is 4.79 Å². The molecule has 2 N–H and O–H groups in total. The quantitative estimate of drug-likeness (QED) is 0.825. The Kier molecular flexibility index (Phi) is 4.68. The van der Waals surface area contributed by atoms with Crippen LogP contribution in [0.4, 0.5) is 11.6 Å². The summed E-state index contributed by atoms with van der Waals surface area (Å²) in [5.41, 5.74) is 0. The highest BCUT2D eigenvalue weighted by Crippen LogP contribution is 2.15. The van der Waals surface area contributed by atoms with Gasteiger partial charge in [0.1, 0.15) is 23.7 Å². The number of Topliss-reactive ketones (excluding diaryl/α,β-unsaturated/α-hetero) is 1. The van der Waals surface area contributed by atoms with E-state index >= 15 is 0 Å². The summed E-state index contributed by atoms with van der Waals surface area (Å²) in [5, 5.41) is 6.41. The van der Waals surface area contributed by atoms with Crippen molar-refractivity contribution in [3.8, 4) is 0 Å². The number of carbonyl (C=O) groups is 1. The van der Waals surface area contributed by atoms with Gasteiger partial charge in [-0.25, -0.2) is 9.97 Å². The molecule has 1 fully saturated rings. The Labute approximate surface area is 113 Å². The topological polar surface area (TPSA) is 70.2 Å². The SMILES string of the molecule is CC(=O)CNc1cc(NC2CCN(C)CC2)ncn1. The monoisotopic (exact) mass is 263 g/mol. The molecule has 1 aliphatic rings. The van der Waals surface area contributed by atoms with E-state index in [1.165, 1.54) is 6.33 Å². The first kappa shape index (κ1) is 13.7. The molecule has 2 rings (SSSR count). The lowest BCUT2D eigenvalue weighted by atomic mass is 10.1. The minimum atomic E-state index is 0.0865. The maximum Gasteiger partial charge on any atom is 0.148 e. The molecular weight excluding hydrogens is 242 g/mol. The minimum Gasteiger partial charge on any atom is -0.367 e. The normalized spacial score (nSPS) is 17.2. The Hall–Kier alpha value is -1.69. The van der Waals surface area contributed by atoms with Crippen LogP contribution in [0.25, 0.3) is 0 Å². The fraction of sp³-hybridized carbons (Fsp3) is 0.615. The first-order valence-corrected chi connectivity index (χ1v) is 6.64. The van der Waals surface area contributed by atoms with Gasteiger partial charge in [-0.1, -0.05) is 0 Å². The highest BCUT2D eigenvalue weighted by atomic mass is 16.1. The van der Waals surface area contributed by atoms with Crippen molar-refractivity contribution in [2.24, 2.45) is 0 Å². The van der Waals surface area contributed by atoms with Crippen LogP contribution < -0.4 is 10.6 Å². The van der Waals surface area contributed by atoms with E-state index in [2.05, 4.69) is 32.5 Å². The molecule has 0 bridgehead atoms. The summed E-state index contributed by atoms with van der Waals surface area (Å²) >= 11 is 0. The molecule has 1 aromatic heterocycles. The van der Waals surface area contributed by atoms with Crippen LogP contribution in [0.2, 0.25) is 0 Å². The first-order valence-electron chi connectivity index (χ1n) is 6.64. The fourth-order valence-electron chi connectivity index (χ4n) is 2.11. The number of nitrogens with one attached hydrogen (secondary N) is 2. The van der Waals surface area contributed by atoms with Gasteiger partial charge in [0, 0.05) is 12.1 Å². The Morgan fingerprint density at radius 3 is 2.74 bits per heavy atom. The van der Waals surface area contributed by atoms with Crippen molar-refractivity contribution >= 4 is 17.4 Å². The number of ketones is 1. The predicted octanol–water partition coefficient (Wildman–Crippen LogP) is 0.984. The molecule has 0 aliphatic carbocycles. The second-order valence-corrected chi connectivity index (χ2v) is 5.07. The van der Waals surface area contributed by atoms with Gasteiger partial charge in [-0.05, 0) is 39.9 Å². The lowest BCUT2D eigenvalue weighted by Crippen LogP contribution is -2.36. The van der Waals surface area contributed by atoms with E-state index in [-0.39, 0.29) is 5.78 Å². The number of piperidine rings is 1. The fourth-order valence-corrected chi connectivity index (χ4v) is 2.11. The van der Waals surface area contributed by atoms with E-state index < -0.39 is 0 Å². The molecule has 6 nitrogen and oxygen atoms in total. The number of nitrogens with zero attached hydrogens (tertiary/aromatic N) is 3. The van der Waals surface area contributed by atoms with Gasteiger partial charge in [-0.15, -0.1) is 0 Å². The van der Waals surface area contributed by atoms with E-state index in [1.807, 2.05) is 6.07 Å². The van der Waals surface area contributed by atoms with Crippen molar-refractivity contribution < 1.29 is 4.79 Å². The van der Waals surface area contributed by atoms with Crippen LogP contribution in [-0.2, 0) is 4.79 Å². The Bertz CT molecular complexity index is 429. The lowest BCUT2D eigenvalue weighted by Gasteiger charge is -2.29. The molecule has 1 saturated heterocycles. The number of rotatable bonds is 5. The third kappa shape index (κ3) is 4.48. The lowest BCUT2D eigenvalue weighted by molar-refractivity contribution is -0.115. The largest absolute Gasteiger partial charge is 0.367 e. The van der Waals surface area contributed by atoms with Crippen molar-refractivity contribution in [3.63, 3.8) is 0 Å². The first-order chi connectivity index (χ1) is 9.13. The Balaban J connectivity index is 1.89. The van der Waals surface area contributed by atoms with E-state index in [1.54, 1.807) is 6.92 Å². The highest BCUT2D eigenvalue weighted by Gasteiger charge is 2.16. The van der Waals surface area contributed by atoms with E-state index in [4.69, 9.17) is 0 Å². The zero-order valence-corrected chi connectivity index (χ0v) is 11.5. The van der Waals surface area contributed by atoms with Crippen LogP contribution in [0.5, 0.6) is 0 Å². The summed E-state index contributed by atoms with van der Waals surface area (Å²) < 4.78 is 0. The van der Waals surface area contributed by atoms with Crippen LogP contribution in [-0.4, -0.2) is 53.4 Å². The smallest absolute Gasteiger partial charge is 0.148 e. The van der Waals surface area contributed by atoms with Gasteiger partial charge in [-0.3, -0.25) is 4.79 Å². The third-order valence-electron chi connectivity index (χ3n) is 3.26. The second kappa shape index (κ2) is 6.47. The molecule has 0 atom stereocenters. The van der Waals surface area contributed by atoms with Gasteiger partial charge in [0.25, 0.3) is 0 Å². The van der Waals surface area contributed by atoms with Gasteiger partial charge in [0.15, 0.2) is 0 Å². The summed E-state index contributed by atoms with van der Waals surface area (Å²) in [6.45, 7) is 4.06. The highest BCUT2D eigenvalue weighted by molar-refractivity contribution is 5.80. The van der Waals surface area contributed by atoms with Crippen LogP contribution in [0.3, 0.4) is 0 Å². The maximum atomic E-state index is 10.9. The number of aromatic nitrogens is 2. The van der Waals surface area contributed by atoms with Crippen molar-refractivity contribution in [2.75, 3.05) is 37.3 Å². The molecule has 1 aromatic rings. The number of hydrogen-bond donors (Lipinski definition) is 2. The van der Waals surface area contributed by atoms with Gasteiger partial charge in [0.2, 0.25) is 0 Å². The number of carbonyl (C=O) groups excluding carboxylic acids is 1. The van der Waals surface area contributed by atoms with Crippen molar-refractivity contribution in [1.29, 1.82) is 0 Å². The predicted molar refractivity (Wildman–Crippen MR) is 75.3 cm³/mol. The van der Waals surface area contributed by atoms with Gasteiger partial charge >= 0.3 is 0 Å². The Morgan fingerprint density at radius 2 is 2.05 bits per heavy atom. The molecule has 104 valence electrons. The molecule has 0 amide bonds. The maximum absolute atomic E-state index is 10.9. The average Bonchev–Trinajstić information content (AvgIpc) is 2.40. The Morgan fingerprint density at radius 1 is 1.37 bits per heavy atom. The molecule has 0 radical (unpaired) electrons. The summed E-state index contributed by atoms with van der Waals surface area (Å²) in [5.74, 6) is 1.58. The van der Waals surface area contributed by atoms with Crippen molar-refractivity contribution in [2.45, 2.75) is 25.8 Å². The molecular formula is C13H21N5O. The van der Waals surface area contributed by atoms with Crippen molar-refractivity contribution in [3.05, 3.63) is 12.4 Å². The molecule has 0 spiro atoms. The molecule has 2 heterocycles. The van der Waals surface area contributed by atoms with Gasteiger partial charge in [-0.2, -0.15) is 0 Å². The van der Waals surface area contributed by atoms with Gasteiger partial charge in [0.05, 0.1) is 6.54 Å². The number of anilines is 2. The van der Waals surface area contributed by atoms with Crippen LogP contribution in [0, 0.1) is 0 Å². The summed E-state index contributed by atoms with van der Waals surface area (Å²) in [6, 6.07) is 2.31. The van der Waals surface area contributed by atoms with E-state index in [0.29, 0.717) is 18.4 Å². The molecule has 0 unspecified atom stereocenters. The minimum absolute atomic E-state index is 0.0865.